The van der Waals surface area contributed by atoms with Gasteiger partial charge in [0.1, 0.15) is 73.2 Å². The van der Waals surface area contributed by atoms with E-state index in [1.807, 2.05) is 0 Å². The lowest BCUT2D eigenvalue weighted by Gasteiger charge is -2.48. The van der Waals surface area contributed by atoms with E-state index in [0.29, 0.717) is 12.8 Å². The Morgan fingerprint density at radius 3 is 1.24 bits per heavy atom. The molecule has 3 heterocycles. The number of allylic oxidation sites excluding steroid dienone is 10. The van der Waals surface area contributed by atoms with E-state index in [1.54, 1.807) is 0 Å². The zero-order valence-corrected chi connectivity index (χ0v) is 53.2. The summed E-state index contributed by atoms with van der Waals surface area (Å²) in [5.74, 6) is -0.245. The lowest BCUT2D eigenvalue weighted by Crippen LogP contribution is -2.66. The van der Waals surface area contributed by atoms with E-state index in [1.165, 1.54) is 122 Å². The highest BCUT2D eigenvalue weighted by molar-refractivity contribution is 5.76. The molecule has 506 valence electrons. The van der Waals surface area contributed by atoms with Gasteiger partial charge in [-0.05, 0) is 57.8 Å². The van der Waals surface area contributed by atoms with E-state index in [9.17, 15) is 61.0 Å². The summed E-state index contributed by atoms with van der Waals surface area (Å²) in [5.41, 5.74) is 0. The van der Waals surface area contributed by atoms with Gasteiger partial charge in [0.25, 0.3) is 0 Å². The van der Waals surface area contributed by atoms with E-state index < -0.39 is 124 Å². The van der Waals surface area contributed by atoms with Crippen LogP contribution in [0.1, 0.15) is 232 Å². The Bertz CT molecular complexity index is 1820. The van der Waals surface area contributed by atoms with Crippen LogP contribution in [0.15, 0.2) is 60.8 Å². The van der Waals surface area contributed by atoms with Crippen molar-refractivity contribution in [3.63, 3.8) is 0 Å². The van der Waals surface area contributed by atoms with Crippen molar-refractivity contribution in [2.75, 3.05) is 26.4 Å². The second kappa shape index (κ2) is 50.1. The molecule has 3 saturated heterocycles. The molecule has 0 aliphatic carbocycles. The summed E-state index contributed by atoms with van der Waals surface area (Å²) in [6.07, 6.45) is 33.2. The fraction of sp³-hybridized carbons (Fsp3) is 0.838. The second-order valence-electron chi connectivity index (χ2n) is 24.3. The van der Waals surface area contributed by atoms with E-state index >= 15 is 0 Å². The van der Waals surface area contributed by atoms with Gasteiger partial charge in [-0.3, -0.25) is 4.79 Å². The summed E-state index contributed by atoms with van der Waals surface area (Å²) in [6.45, 7) is 1.66. The molecule has 87 heavy (non-hydrogen) atoms. The van der Waals surface area contributed by atoms with Crippen molar-refractivity contribution in [2.24, 2.45) is 0 Å². The van der Waals surface area contributed by atoms with Crippen LogP contribution < -0.4 is 5.32 Å². The lowest BCUT2D eigenvalue weighted by atomic mass is 9.96. The van der Waals surface area contributed by atoms with Crippen molar-refractivity contribution in [2.45, 2.75) is 336 Å². The number of hydrogen-bond donors (Lipinski definition) is 12. The third-order valence-corrected chi connectivity index (χ3v) is 16.9. The van der Waals surface area contributed by atoms with Gasteiger partial charge in [0.2, 0.25) is 5.91 Å². The van der Waals surface area contributed by atoms with Crippen LogP contribution in [0.2, 0.25) is 0 Å². The Hall–Kier alpha value is -2.51. The maximum atomic E-state index is 13.4. The Labute approximate surface area is 522 Å². The van der Waals surface area contributed by atoms with Gasteiger partial charge in [0.15, 0.2) is 18.9 Å². The number of ether oxygens (including phenoxy) is 6. The van der Waals surface area contributed by atoms with Gasteiger partial charge in [-0.2, -0.15) is 0 Å². The maximum absolute atomic E-state index is 13.4. The number of carbonyl (C=O) groups is 1. The van der Waals surface area contributed by atoms with Crippen LogP contribution in [-0.2, 0) is 33.2 Å². The van der Waals surface area contributed by atoms with Crippen LogP contribution in [0.4, 0.5) is 0 Å². The zero-order chi connectivity index (χ0) is 63.3. The number of aliphatic hydroxyl groups excluding tert-OH is 11. The first-order valence-corrected chi connectivity index (χ1v) is 34.0. The number of amides is 1. The van der Waals surface area contributed by atoms with Crippen molar-refractivity contribution in [3.8, 4) is 0 Å². The summed E-state index contributed by atoms with van der Waals surface area (Å²) in [4.78, 5) is 13.4. The van der Waals surface area contributed by atoms with E-state index in [-0.39, 0.29) is 18.9 Å². The summed E-state index contributed by atoms with van der Waals surface area (Å²) in [6, 6.07) is -0.887. The van der Waals surface area contributed by atoms with Crippen LogP contribution >= 0.6 is 0 Å². The molecule has 19 heteroatoms. The topological polar surface area (TPSA) is 307 Å². The molecule has 0 spiro atoms. The maximum Gasteiger partial charge on any atom is 0.220 e. The standard InChI is InChI=1S/C68H121NO18/c1-3-5-7-9-11-13-15-16-17-18-19-20-21-22-23-24-25-26-27-28-29-30-31-32-33-34-36-38-40-42-44-46-56(74)69-51(52(73)45-43-41-39-37-35-14-12-10-8-6-4-2)50-82-66-62(80)59(77)64(54(48-71)84-66)87-68-63(81)60(78)65(55(49-72)85-68)86-67-61(79)58(76)57(75)53(47-70)83-67/h5,7,11,13,16-17,19-20,22-23,51-55,57-68,70-73,75-81H,3-4,6,8-10,12,14-15,18,21,24-50H2,1-2H3,(H,69,74)/b7-5-,13-11-,17-16-,20-19-,23-22-. The van der Waals surface area contributed by atoms with Gasteiger partial charge in [0, 0.05) is 6.42 Å². The third-order valence-electron chi connectivity index (χ3n) is 16.9. The van der Waals surface area contributed by atoms with Crippen molar-refractivity contribution < 1.29 is 89.4 Å². The highest BCUT2D eigenvalue weighted by Gasteiger charge is 2.53. The molecule has 0 aromatic carbocycles. The molecular formula is C68H121NO18. The Balaban J connectivity index is 1.36. The molecule has 0 saturated carbocycles. The Kier molecular flexibility index (Phi) is 45.3. The summed E-state index contributed by atoms with van der Waals surface area (Å²) in [7, 11) is 0. The fourth-order valence-electron chi connectivity index (χ4n) is 11.3. The monoisotopic (exact) mass is 1240 g/mol. The highest BCUT2D eigenvalue weighted by Crippen LogP contribution is 2.33. The molecule has 3 aliphatic heterocycles. The average Bonchev–Trinajstić information content (AvgIpc) is 3.71. The first kappa shape index (κ1) is 78.7. The molecule has 17 atom stereocenters. The summed E-state index contributed by atoms with van der Waals surface area (Å²) >= 11 is 0. The van der Waals surface area contributed by atoms with Crippen LogP contribution in [-0.4, -0.2) is 193 Å². The molecule has 0 aromatic rings. The van der Waals surface area contributed by atoms with Gasteiger partial charge < -0.3 is 89.9 Å². The van der Waals surface area contributed by atoms with Gasteiger partial charge in [-0.25, -0.2) is 0 Å². The predicted octanol–water partition coefficient (Wildman–Crippen LogP) is 8.38. The summed E-state index contributed by atoms with van der Waals surface area (Å²) < 4.78 is 34.3. The number of aliphatic hydroxyl groups is 11. The molecule has 0 aromatic heterocycles. The molecule has 17 unspecified atom stereocenters. The Morgan fingerprint density at radius 2 is 0.793 bits per heavy atom. The van der Waals surface area contributed by atoms with Crippen LogP contribution in [0, 0.1) is 0 Å². The lowest BCUT2D eigenvalue weighted by molar-refractivity contribution is -0.379. The predicted molar refractivity (Wildman–Crippen MR) is 337 cm³/mol. The zero-order valence-electron chi connectivity index (χ0n) is 53.2. The minimum absolute atomic E-state index is 0.245. The van der Waals surface area contributed by atoms with Gasteiger partial charge in [-0.15, -0.1) is 0 Å². The first-order valence-electron chi connectivity index (χ1n) is 34.0. The SMILES string of the molecule is CC/C=C\C/C=C\C/C=C\C/C=C\C/C=C\CCCCCCCCCCCCCCCCCC(=O)NC(COC1OC(CO)C(OC2OC(CO)C(OC3OC(CO)C(O)C(O)C3O)C(O)C2O)C(O)C1O)C(O)CCCCCCCCCCCCC. The smallest absolute Gasteiger partial charge is 0.220 e. The molecule has 19 nitrogen and oxygen atoms in total. The average molecular weight is 1240 g/mol. The fourth-order valence-corrected chi connectivity index (χ4v) is 11.3. The van der Waals surface area contributed by atoms with Crippen molar-refractivity contribution in [1.29, 1.82) is 0 Å². The molecule has 3 aliphatic rings. The first-order chi connectivity index (χ1) is 42.3. The minimum atomic E-state index is -1.97. The molecule has 3 fully saturated rings. The van der Waals surface area contributed by atoms with E-state index in [4.69, 9.17) is 28.4 Å². The second-order valence-corrected chi connectivity index (χ2v) is 24.3. The van der Waals surface area contributed by atoms with Gasteiger partial charge in [0.05, 0.1) is 38.6 Å². The molecular weight excluding hydrogens is 1120 g/mol. The minimum Gasteiger partial charge on any atom is -0.394 e. The molecule has 0 radical (unpaired) electrons. The number of rotatable bonds is 51. The van der Waals surface area contributed by atoms with Crippen LogP contribution in [0.25, 0.3) is 0 Å². The Morgan fingerprint density at radius 1 is 0.425 bits per heavy atom. The molecule has 12 N–H and O–H groups in total. The normalized spacial score (nSPS) is 29.0. The quantitative estimate of drug-likeness (QED) is 0.0201. The highest BCUT2D eigenvalue weighted by atomic mass is 16.8. The summed E-state index contributed by atoms with van der Waals surface area (Å²) in [5, 5.41) is 120. The number of unbranched alkanes of at least 4 members (excludes halogenated alkanes) is 25. The van der Waals surface area contributed by atoms with Gasteiger partial charge >= 0.3 is 0 Å². The van der Waals surface area contributed by atoms with Gasteiger partial charge in [-0.1, -0.05) is 229 Å². The number of carbonyl (C=O) groups excluding carboxylic acids is 1. The van der Waals surface area contributed by atoms with Crippen molar-refractivity contribution in [1.82, 2.24) is 5.32 Å². The van der Waals surface area contributed by atoms with E-state index in [2.05, 4.69) is 79.9 Å². The molecule has 1 amide bonds. The van der Waals surface area contributed by atoms with Crippen LogP contribution in [0.3, 0.4) is 0 Å². The van der Waals surface area contributed by atoms with E-state index in [0.717, 1.165) is 77.0 Å². The molecule has 0 bridgehead atoms. The largest absolute Gasteiger partial charge is 0.394 e. The number of nitrogens with one attached hydrogen (secondary N) is 1. The van der Waals surface area contributed by atoms with Crippen molar-refractivity contribution >= 4 is 5.91 Å². The molecule has 3 rings (SSSR count). The van der Waals surface area contributed by atoms with Crippen molar-refractivity contribution in [3.05, 3.63) is 60.8 Å². The number of hydrogen-bond acceptors (Lipinski definition) is 18. The third kappa shape index (κ3) is 32.6. The van der Waals surface area contributed by atoms with Crippen LogP contribution in [0.5, 0.6) is 0 Å².